The highest BCUT2D eigenvalue weighted by Gasteiger charge is 2.02. The van der Waals surface area contributed by atoms with Gasteiger partial charge in [0.05, 0.1) is 0 Å². The third-order valence-electron chi connectivity index (χ3n) is 2.00. The van der Waals surface area contributed by atoms with Crippen molar-refractivity contribution in [3.05, 3.63) is 29.8 Å². The molecule has 3 nitrogen and oxygen atoms in total. The first-order chi connectivity index (χ1) is 7.22. The summed E-state index contributed by atoms with van der Waals surface area (Å²) in [6, 6.07) is 7.43. The number of aryl methyl sites for hydroxylation is 1. The van der Waals surface area contributed by atoms with Crippen LogP contribution >= 0.6 is 0 Å². The van der Waals surface area contributed by atoms with E-state index < -0.39 is 0 Å². The quantitative estimate of drug-likeness (QED) is 0.771. The topological polar surface area (TPSA) is 38.3 Å². The van der Waals surface area contributed by atoms with Gasteiger partial charge in [-0.15, -0.1) is 0 Å². The number of amides is 1. The van der Waals surface area contributed by atoms with E-state index in [0.717, 1.165) is 18.4 Å². The molecular weight excluding hydrogens is 190 g/mol. The Hall–Kier alpha value is -1.51. The van der Waals surface area contributed by atoms with Crippen molar-refractivity contribution in [1.82, 2.24) is 5.32 Å². The lowest BCUT2D eigenvalue weighted by molar-refractivity contribution is 0.200. The summed E-state index contributed by atoms with van der Waals surface area (Å²) >= 11 is 0. The van der Waals surface area contributed by atoms with Crippen LogP contribution in [-0.2, 0) is 0 Å². The van der Waals surface area contributed by atoms with Crippen molar-refractivity contribution < 1.29 is 9.53 Å². The normalized spacial score (nSPS) is 9.73. The third kappa shape index (κ3) is 4.49. The second-order valence-electron chi connectivity index (χ2n) is 3.49. The maximum Gasteiger partial charge on any atom is 0.412 e. The molecule has 0 radical (unpaired) electrons. The molecule has 0 aromatic heterocycles. The van der Waals surface area contributed by atoms with Crippen molar-refractivity contribution in [1.29, 1.82) is 0 Å². The van der Waals surface area contributed by atoms with Crippen LogP contribution in [0.3, 0.4) is 0 Å². The molecule has 82 valence electrons. The molecule has 0 aliphatic rings. The van der Waals surface area contributed by atoms with Gasteiger partial charge in [0, 0.05) is 6.54 Å². The summed E-state index contributed by atoms with van der Waals surface area (Å²) in [7, 11) is 0. The summed E-state index contributed by atoms with van der Waals surface area (Å²) < 4.78 is 5.09. The van der Waals surface area contributed by atoms with Gasteiger partial charge in [-0.25, -0.2) is 4.79 Å². The van der Waals surface area contributed by atoms with E-state index in [9.17, 15) is 4.79 Å². The Bertz CT molecular complexity index is 323. The molecule has 1 amide bonds. The summed E-state index contributed by atoms with van der Waals surface area (Å²) in [6.45, 7) is 4.70. The van der Waals surface area contributed by atoms with E-state index in [1.807, 2.05) is 25.1 Å². The fourth-order valence-electron chi connectivity index (χ4n) is 1.19. The zero-order valence-electron chi connectivity index (χ0n) is 9.25. The summed E-state index contributed by atoms with van der Waals surface area (Å²) in [4.78, 5) is 11.3. The van der Waals surface area contributed by atoms with Crippen LogP contribution in [0.1, 0.15) is 25.3 Å². The maximum absolute atomic E-state index is 11.3. The van der Waals surface area contributed by atoms with Crippen molar-refractivity contribution in [2.75, 3.05) is 6.54 Å². The number of hydrogen-bond donors (Lipinski definition) is 1. The van der Waals surface area contributed by atoms with Crippen molar-refractivity contribution in [2.45, 2.75) is 26.7 Å². The molecule has 0 spiro atoms. The molecule has 0 saturated carbocycles. The van der Waals surface area contributed by atoms with Gasteiger partial charge in [0.2, 0.25) is 0 Å². The van der Waals surface area contributed by atoms with E-state index in [-0.39, 0.29) is 6.09 Å². The highest BCUT2D eigenvalue weighted by molar-refractivity contribution is 5.70. The molecule has 0 atom stereocenters. The van der Waals surface area contributed by atoms with Crippen molar-refractivity contribution >= 4 is 6.09 Å². The van der Waals surface area contributed by atoms with E-state index >= 15 is 0 Å². The summed E-state index contributed by atoms with van der Waals surface area (Å²) in [5.74, 6) is 0.587. The molecule has 0 aliphatic carbocycles. The van der Waals surface area contributed by atoms with Crippen molar-refractivity contribution in [2.24, 2.45) is 0 Å². The van der Waals surface area contributed by atoms with Crippen molar-refractivity contribution in [3.8, 4) is 5.75 Å². The van der Waals surface area contributed by atoms with Crippen LogP contribution in [0.15, 0.2) is 24.3 Å². The minimum absolute atomic E-state index is 0.381. The van der Waals surface area contributed by atoms with E-state index in [0.29, 0.717) is 12.3 Å². The summed E-state index contributed by atoms with van der Waals surface area (Å²) in [6.07, 6.45) is 1.65. The molecule has 1 aromatic carbocycles. The minimum atomic E-state index is -0.381. The SMILES string of the molecule is CCCCNC(=O)Oc1cccc(C)c1. The molecule has 0 fully saturated rings. The second-order valence-corrected chi connectivity index (χ2v) is 3.49. The molecule has 0 heterocycles. The van der Waals surface area contributed by atoms with Gasteiger partial charge in [-0.05, 0) is 31.0 Å². The van der Waals surface area contributed by atoms with Crippen LogP contribution in [0.2, 0.25) is 0 Å². The second kappa shape index (κ2) is 6.06. The fraction of sp³-hybridized carbons (Fsp3) is 0.417. The first-order valence-corrected chi connectivity index (χ1v) is 5.24. The number of carbonyl (C=O) groups excluding carboxylic acids is 1. The molecule has 0 unspecified atom stereocenters. The summed E-state index contributed by atoms with van der Waals surface area (Å²) in [5.41, 5.74) is 1.08. The number of unbranched alkanes of at least 4 members (excludes halogenated alkanes) is 1. The predicted molar refractivity (Wildman–Crippen MR) is 60.1 cm³/mol. The van der Waals surface area contributed by atoms with Gasteiger partial charge < -0.3 is 10.1 Å². The van der Waals surface area contributed by atoms with Gasteiger partial charge in [-0.3, -0.25) is 0 Å². The molecule has 1 aromatic rings. The largest absolute Gasteiger partial charge is 0.412 e. The molecular formula is C12H17NO2. The molecule has 1 N–H and O–H groups in total. The predicted octanol–water partition coefficient (Wildman–Crippen LogP) is 2.88. The summed E-state index contributed by atoms with van der Waals surface area (Å²) in [5, 5.41) is 2.69. The van der Waals surface area contributed by atoms with Gasteiger partial charge in [0.15, 0.2) is 0 Å². The zero-order valence-corrected chi connectivity index (χ0v) is 9.25. The van der Waals surface area contributed by atoms with Gasteiger partial charge in [0.1, 0.15) is 5.75 Å². The smallest absolute Gasteiger partial charge is 0.410 e. The Morgan fingerprint density at radius 3 is 2.93 bits per heavy atom. The molecule has 1 rings (SSSR count). The van der Waals surface area contributed by atoms with Crippen LogP contribution in [0.25, 0.3) is 0 Å². The van der Waals surface area contributed by atoms with E-state index in [2.05, 4.69) is 12.2 Å². The average Bonchev–Trinajstić information content (AvgIpc) is 2.18. The lowest BCUT2D eigenvalue weighted by Crippen LogP contribution is -2.27. The number of benzene rings is 1. The molecule has 15 heavy (non-hydrogen) atoms. The molecule has 0 aliphatic heterocycles. The van der Waals surface area contributed by atoms with Crippen LogP contribution < -0.4 is 10.1 Å². The molecule has 0 saturated heterocycles. The maximum atomic E-state index is 11.3. The zero-order chi connectivity index (χ0) is 11.1. The average molecular weight is 207 g/mol. The number of rotatable bonds is 4. The Balaban J connectivity index is 2.37. The number of hydrogen-bond acceptors (Lipinski definition) is 2. The Morgan fingerprint density at radius 2 is 2.27 bits per heavy atom. The van der Waals surface area contributed by atoms with Crippen LogP contribution in [0.5, 0.6) is 5.75 Å². The van der Waals surface area contributed by atoms with Gasteiger partial charge in [0.25, 0.3) is 0 Å². The first-order valence-electron chi connectivity index (χ1n) is 5.24. The van der Waals surface area contributed by atoms with E-state index in [4.69, 9.17) is 4.74 Å². The van der Waals surface area contributed by atoms with Crippen LogP contribution in [0, 0.1) is 6.92 Å². The lowest BCUT2D eigenvalue weighted by Gasteiger charge is -2.06. The van der Waals surface area contributed by atoms with Crippen LogP contribution in [0.4, 0.5) is 4.79 Å². The number of carbonyl (C=O) groups is 1. The fourth-order valence-corrected chi connectivity index (χ4v) is 1.19. The Labute approximate surface area is 90.4 Å². The standard InChI is InChI=1S/C12H17NO2/c1-3-4-8-13-12(14)15-11-7-5-6-10(2)9-11/h5-7,9H,3-4,8H2,1-2H3,(H,13,14). The number of nitrogens with one attached hydrogen (secondary N) is 1. The molecule has 3 heteroatoms. The van der Waals surface area contributed by atoms with Gasteiger partial charge >= 0.3 is 6.09 Å². The highest BCUT2D eigenvalue weighted by atomic mass is 16.5. The number of ether oxygens (including phenoxy) is 1. The Morgan fingerprint density at radius 1 is 1.47 bits per heavy atom. The first kappa shape index (κ1) is 11.6. The van der Waals surface area contributed by atoms with E-state index in [1.54, 1.807) is 6.07 Å². The van der Waals surface area contributed by atoms with E-state index in [1.165, 1.54) is 0 Å². The lowest BCUT2D eigenvalue weighted by atomic mass is 10.2. The Kier molecular flexibility index (Phi) is 4.68. The third-order valence-corrected chi connectivity index (χ3v) is 2.00. The van der Waals surface area contributed by atoms with Gasteiger partial charge in [-0.1, -0.05) is 25.5 Å². The highest BCUT2D eigenvalue weighted by Crippen LogP contribution is 2.12. The molecule has 0 bridgehead atoms. The monoisotopic (exact) mass is 207 g/mol. The van der Waals surface area contributed by atoms with Crippen molar-refractivity contribution in [3.63, 3.8) is 0 Å². The minimum Gasteiger partial charge on any atom is -0.410 e. The van der Waals surface area contributed by atoms with Crippen LogP contribution in [-0.4, -0.2) is 12.6 Å². The van der Waals surface area contributed by atoms with Gasteiger partial charge in [-0.2, -0.15) is 0 Å².